The molecule has 4 rings (SSSR count). The molecule has 154 valence electrons. The van der Waals surface area contributed by atoms with Crippen LogP contribution in [0.4, 0.5) is 0 Å². The van der Waals surface area contributed by atoms with Gasteiger partial charge in [-0.15, -0.1) is 0 Å². The highest BCUT2D eigenvalue weighted by Crippen LogP contribution is 2.26. The predicted molar refractivity (Wildman–Crippen MR) is 122 cm³/mol. The molecule has 0 saturated carbocycles. The minimum Gasteiger partial charge on any atom is -0.492 e. The number of ether oxygens (including phenoxy) is 2. The van der Waals surface area contributed by atoms with E-state index in [9.17, 15) is 0 Å². The Morgan fingerprint density at radius 3 is 2.47 bits per heavy atom. The Morgan fingerprint density at radius 1 is 0.967 bits per heavy atom. The van der Waals surface area contributed by atoms with E-state index in [0.717, 1.165) is 38.9 Å². The van der Waals surface area contributed by atoms with E-state index in [1.807, 2.05) is 74.5 Å². The number of hydrogen-bond acceptors (Lipinski definition) is 3. The molecule has 0 amide bonds. The molecule has 4 aromatic rings. The molecule has 30 heavy (non-hydrogen) atoms. The van der Waals surface area contributed by atoms with E-state index in [1.165, 1.54) is 0 Å². The van der Waals surface area contributed by atoms with Crippen molar-refractivity contribution in [1.29, 1.82) is 0 Å². The summed E-state index contributed by atoms with van der Waals surface area (Å²) in [5.74, 6) is 2.40. The molecule has 4 nitrogen and oxygen atoms in total. The molecule has 1 heterocycles. The van der Waals surface area contributed by atoms with Gasteiger partial charge in [0, 0.05) is 10.0 Å². The third kappa shape index (κ3) is 4.55. The van der Waals surface area contributed by atoms with Crippen molar-refractivity contribution >= 4 is 34.2 Å². The highest BCUT2D eigenvalue weighted by molar-refractivity contribution is 6.31. The molecule has 6 heteroatoms. The molecule has 0 spiro atoms. The summed E-state index contributed by atoms with van der Waals surface area (Å²) in [4.78, 5) is 4.82. The zero-order valence-corrected chi connectivity index (χ0v) is 18.3. The Morgan fingerprint density at radius 2 is 1.70 bits per heavy atom. The van der Waals surface area contributed by atoms with Crippen LogP contribution >= 0.6 is 23.2 Å². The Hall–Kier alpha value is -2.69. The van der Waals surface area contributed by atoms with Gasteiger partial charge in [0.25, 0.3) is 0 Å². The van der Waals surface area contributed by atoms with Gasteiger partial charge in [-0.05, 0) is 74.0 Å². The second-order valence-corrected chi connectivity index (χ2v) is 7.93. The minimum absolute atomic E-state index is 0.239. The number of aromatic nitrogens is 2. The van der Waals surface area contributed by atoms with E-state index in [2.05, 4.69) is 10.6 Å². The molecule has 1 aromatic heterocycles. The van der Waals surface area contributed by atoms with Crippen LogP contribution in [0.25, 0.3) is 11.0 Å². The highest BCUT2D eigenvalue weighted by atomic mass is 35.5. The summed E-state index contributed by atoms with van der Waals surface area (Å²) in [6.07, 6.45) is -0.239. The quantitative estimate of drug-likeness (QED) is 0.314. The minimum atomic E-state index is -0.239. The second kappa shape index (κ2) is 8.99. The first kappa shape index (κ1) is 20.6. The van der Waals surface area contributed by atoms with Gasteiger partial charge < -0.3 is 14.0 Å². The lowest BCUT2D eigenvalue weighted by Crippen LogP contribution is -2.15. The number of nitrogens with zero attached hydrogens (tertiary/aromatic N) is 2. The number of hydrogen-bond donors (Lipinski definition) is 0. The van der Waals surface area contributed by atoms with Crippen LogP contribution in [0.3, 0.4) is 0 Å². The van der Waals surface area contributed by atoms with E-state index in [1.54, 1.807) is 0 Å². The molecule has 0 radical (unpaired) electrons. The summed E-state index contributed by atoms with van der Waals surface area (Å²) in [7, 11) is 0. The zero-order chi connectivity index (χ0) is 21.1. The maximum absolute atomic E-state index is 6.12. The molecular formula is C24H22Cl2N2O2. The van der Waals surface area contributed by atoms with Crippen LogP contribution in [-0.2, 0) is 6.54 Å². The summed E-state index contributed by atoms with van der Waals surface area (Å²) in [6.45, 7) is 5.11. The molecule has 1 atom stereocenters. The number of para-hydroxylation sites is 2. The van der Waals surface area contributed by atoms with Gasteiger partial charge in [0.05, 0.1) is 17.6 Å². The van der Waals surface area contributed by atoms with Gasteiger partial charge in [-0.25, -0.2) is 4.98 Å². The third-order valence-electron chi connectivity index (χ3n) is 4.89. The van der Waals surface area contributed by atoms with Crippen LogP contribution in [-0.4, -0.2) is 16.2 Å². The highest BCUT2D eigenvalue weighted by Gasteiger charge is 2.18. The van der Waals surface area contributed by atoms with E-state index in [4.69, 9.17) is 37.7 Å². The smallest absolute Gasteiger partial charge is 0.153 e. The van der Waals surface area contributed by atoms with Gasteiger partial charge in [-0.3, -0.25) is 0 Å². The van der Waals surface area contributed by atoms with Gasteiger partial charge in [0.1, 0.15) is 18.1 Å². The molecule has 0 saturated heterocycles. The van der Waals surface area contributed by atoms with Crippen molar-refractivity contribution in [3.8, 4) is 11.5 Å². The maximum atomic E-state index is 6.12. The lowest BCUT2D eigenvalue weighted by Gasteiger charge is -2.17. The summed E-state index contributed by atoms with van der Waals surface area (Å²) in [5, 5.41) is 1.41. The Kier molecular flexibility index (Phi) is 6.16. The van der Waals surface area contributed by atoms with Crippen LogP contribution in [0, 0.1) is 6.92 Å². The van der Waals surface area contributed by atoms with Crippen molar-refractivity contribution in [2.75, 3.05) is 6.61 Å². The number of aryl methyl sites for hydroxylation is 1. The van der Waals surface area contributed by atoms with Crippen molar-refractivity contribution in [2.24, 2.45) is 0 Å². The monoisotopic (exact) mass is 440 g/mol. The van der Waals surface area contributed by atoms with Gasteiger partial charge >= 0.3 is 0 Å². The molecule has 0 aliphatic rings. The Bertz CT molecular complexity index is 1160. The summed E-state index contributed by atoms with van der Waals surface area (Å²) in [5.41, 5.74) is 2.98. The van der Waals surface area contributed by atoms with Gasteiger partial charge in [0.2, 0.25) is 0 Å². The molecule has 0 aliphatic heterocycles. The molecule has 0 bridgehead atoms. The Balaban J connectivity index is 1.55. The van der Waals surface area contributed by atoms with Crippen molar-refractivity contribution in [2.45, 2.75) is 26.5 Å². The summed E-state index contributed by atoms with van der Waals surface area (Å²) < 4.78 is 14.2. The molecule has 0 fully saturated rings. The summed E-state index contributed by atoms with van der Waals surface area (Å²) >= 11 is 12.1. The second-order valence-electron chi connectivity index (χ2n) is 7.08. The van der Waals surface area contributed by atoms with Crippen molar-refractivity contribution in [3.63, 3.8) is 0 Å². The van der Waals surface area contributed by atoms with E-state index in [-0.39, 0.29) is 6.10 Å². The topological polar surface area (TPSA) is 36.3 Å². The summed E-state index contributed by atoms with van der Waals surface area (Å²) in [6, 6.07) is 21.1. The van der Waals surface area contributed by atoms with Crippen molar-refractivity contribution in [1.82, 2.24) is 9.55 Å². The Labute approximate surface area is 186 Å². The average Bonchev–Trinajstić information content (AvgIpc) is 3.11. The van der Waals surface area contributed by atoms with Crippen LogP contribution < -0.4 is 9.47 Å². The number of fused-ring (bicyclic) bond motifs is 1. The number of imidazole rings is 1. The van der Waals surface area contributed by atoms with Crippen LogP contribution in [0.5, 0.6) is 11.5 Å². The SMILES string of the molecule is Cc1cc(OCCn2c(C(C)Oc3ccc(Cl)cc3)nc3ccccc32)ccc1Cl. The van der Waals surface area contributed by atoms with Crippen LogP contribution in [0.15, 0.2) is 66.7 Å². The number of halogens is 2. The average molecular weight is 441 g/mol. The first-order valence-electron chi connectivity index (χ1n) is 9.77. The normalized spacial score (nSPS) is 12.1. The predicted octanol–water partition coefficient (Wildman–Crippen LogP) is 6.87. The van der Waals surface area contributed by atoms with Crippen LogP contribution in [0.2, 0.25) is 10.0 Å². The first-order valence-corrected chi connectivity index (χ1v) is 10.5. The molecule has 0 N–H and O–H groups in total. The lowest BCUT2D eigenvalue weighted by atomic mass is 10.2. The largest absolute Gasteiger partial charge is 0.492 e. The van der Waals surface area contributed by atoms with Gasteiger partial charge in [-0.1, -0.05) is 35.3 Å². The third-order valence-corrected chi connectivity index (χ3v) is 5.56. The fourth-order valence-electron chi connectivity index (χ4n) is 3.37. The standard InChI is InChI=1S/C24H22Cl2N2O2/c1-16-15-20(11-12-21(16)26)29-14-13-28-23-6-4-3-5-22(23)27-24(28)17(2)30-19-9-7-18(25)8-10-19/h3-12,15,17H,13-14H2,1-2H3. The molecule has 3 aromatic carbocycles. The number of rotatable bonds is 7. The van der Waals surface area contributed by atoms with Gasteiger partial charge in [-0.2, -0.15) is 0 Å². The molecule has 0 aliphatic carbocycles. The number of benzene rings is 3. The fraction of sp³-hybridized carbons (Fsp3) is 0.208. The lowest BCUT2D eigenvalue weighted by molar-refractivity contribution is 0.207. The van der Waals surface area contributed by atoms with Crippen molar-refractivity contribution < 1.29 is 9.47 Å². The fourth-order valence-corrected chi connectivity index (χ4v) is 3.61. The van der Waals surface area contributed by atoms with Gasteiger partial charge in [0.15, 0.2) is 11.9 Å². The van der Waals surface area contributed by atoms with Crippen LogP contribution in [0.1, 0.15) is 24.4 Å². The first-order chi connectivity index (χ1) is 14.5. The van der Waals surface area contributed by atoms with E-state index >= 15 is 0 Å². The zero-order valence-electron chi connectivity index (χ0n) is 16.8. The maximum Gasteiger partial charge on any atom is 0.153 e. The van der Waals surface area contributed by atoms with E-state index in [0.29, 0.717) is 18.2 Å². The van der Waals surface area contributed by atoms with E-state index < -0.39 is 0 Å². The van der Waals surface area contributed by atoms with Crippen molar-refractivity contribution in [3.05, 3.63) is 88.2 Å². The molecular weight excluding hydrogens is 419 g/mol. The molecule has 1 unspecified atom stereocenters.